The molecule has 0 spiro atoms. The molecule has 0 saturated carbocycles. The van der Waals surface area contributed by atoms with Crippen molar-refractivity contribution in [1.82, 2.24) is 14.7 Å². The topological polar surface area (TPSA) is 30.0 Å². The molecule has 2 aliphatic heterocycles. The highest BCUT2D eigenvalue weighted by Gasteiger charge is 2.24. The highest BCUT2D eigenvalue weighted by atomic mass is 16.2. The Kier molecular flexibility index (Phi) is 5.74. The van der Waals surface area contributed by atoms with Crippen molar-refractivity contribution in [3.8, 4) is 0 Å². The third-order valence-electron chi connectivity index (χ3n) is 5.27. The van der Waals surface area contributed by atoms with Crippen LogP contribution in [0.3, 0.4) is 0 Å². The SMILES string of the molecule is CCN1CCN(CC(=O)N2CCN(c3cccc(C)c3)CC2)CC1. The Morgan fingerprint density at radius 2 is 1.62 bits per heavy atom. The molecule has 0 aromatic heterocycles. The zero-order chi connectivity index (χ0) is 16.9. The molecule has 0 unspecified atom stereocenters. The van der Waals surface area contributed by atoms with Crippen LogP contribution in [0, 0.1) is 6.92 Å². The van der Waals surface area contributed by atoms with Crippen LogP contribution in [0.1, 0.15) is 12.5 Å². The van der Waals surface area contributed by atoms with Crippen LogP contribution in [0.25, 0.3) is 0 Å². The molecule has 2 heterocycles. The van der Waals surface area contributed by atoms with E-state index in [0.29, 0.717) is 12.5 Å². The number of carbonyl (C=O) groups is 1. The molecule has 24 heavy (non-hydrogen) atoms. The largest absolute Gasteiger partial charge is 0.368 e. The van der Waals surface area contributed by atoms with E-state index >= 15 is 0 Å². The fraction of sp³-hybridized carbons (Fsp3) is 0.632. The van der Waals surface area contributed by atoms with Crippen molar-refractivity contribution in [2.45, 2.75) is 13.8 Å². The van der Waals surface area contributed by atoms with E-state index in [1.807, 2.05) is 4.90 Å². The van der Waals surface area contributed by atoms with Crippen LogP contribution in [0.5, 0.6) is 0 Å². The van der Waals surface area contributed by atoms with Crippen LogP contribution < -0.4 is 4.90 Å². The van der Waals surface area contributed by atoms with Gasteiger partial charge in [-0.3, -0.25) is 9.69 Å². The first-order chi connectivity index (χ1) is 11.7. The maximum absolute atomic E-state index is 12.6. The van der Waals surface area contributed by atoms with Crippen molar-refractivity contribution < 1.29 is 4.79 Å². The van der Waals surface area contributed by atoms with Gasteiger partial charge in [0.25, 0.3) is 0 Å². The van der Waals surface area contributed by atoms with Crippen LogP contribution in [0.4, 0.5) is 5.69 Å². The van der Waals surface area contributed by atoms with E-state index in [1.54, 1.807) is 0 Å². The number of hydrogen-bond acceptors (Lipinski definition) is 4. The number of carbonyl (C=O) groups excluding carboxylic acids is 1. The maximum Gasteiger partial charge on any atom is 0.236 e. The highest BCUT2D eigenvalue weighted by Crippen LogP contribution is 2.18. The standard InChI is InChI=1S/C19H30N4O/c1-3-20-7-9-21(10-8-20)16-19(24)23-13-11-22(12-14-23)18-6-4-5-17(2)15-18/h4-6,15H,3,7-14,16H2,1-2H3. The average Bonchev–Trinajstić information content (AvgIpc) is 2.62. The second kappa shape index (κ2) is 7.99. The summed E-state index contributed by atoms with van der Waals surface area (Å²) in [5.41, 5.74) is 2.56. The quantitative estimate of drug-likeness (QED) is 0.832. The maximum atomic E-state index is 12.6. The first kappa shape index (κ1) is 17.2. The number of likely N-dealkylation sites (N-methyl/N-ethyl adjacent to an activating group) is 1. The highest BCUT2D eigenvalue weighted by molar-refractivity contribution is 5.78. The Morgan fingerprint density at radius 3 is 2.25 bits per heavy atom. The van der Waals surface area contributed by atoms with Crippen LogP contribution in [0.2, 0.25) is 0 Å². The molecule has 0 aliphatic carbocycles. The second-order valence-electron chi connectivity index (χ2n) is 6.92. The summed E-state index contributed by atoms with van der Waals surface area (Å²) in [6.07, 6.45) is 0. The molecule has 3 rings (SSSR count). The second-order valence-corrected chi connectivity index (χ2v) is 6.92. The van der Waals surface area contributed by atoms with Gasteiger partial charge < -0.3 is 14.7 Å². The summed E-state index contributed by atoms with van der Waals surface area (Å²) in [5, 5.41) is 0. The van der Waals surface area contributed by atoms with Crippen molar-refractivity contribution in [3.05, 3.63) is 29.8 Å². The number of anilines is 1. The summed E-state index contributed by atoms with van der Waals surface area (Å²) in [6.45, 7) is 13.8. The molecule has 1 aromatic carbocycles. The molecule has 2 fully saturated rings. The van der Waals surface area contributed by atoms with Gasteiger partial charge in [0.1, 0.15) is 0 Å². The van der Waals surface area contributed by atoms with Gasteiger partial charge in [0.2, 0.25) is 5.91 Å². The molecule has 1 amide bonds. The number of aryl methyl sites for hydroxylation is 1. The first-order valence-electron chi connectivity index (χ1n) is 9.20. The number of rotatable bonds is 4. The molecule has 132 valence electrons. The molecule has 2 aliphatic rings. The minimum Gasteiger partial charge on any atom is -0.368 e. The van der Waals surface area contributed by atoms with Gasteiger partial charge in [-0.25, -0.2) is 0 Å². The molecule has 0 radical (unpaired) electrons. The lowest BCUT2D eigenvalue weighted by molar-refractivity contribution is -0.133. The molecule has 0 N–H and O–H groups in total. The molecule has 1 aromatic rings. The van der Waals surface area contributed by atoms with Crippen LogP contribution >= 0.6 is 0 Å². The van der Waals surface area contributed by atoms with E-state index in [0.717, 1.165) is 58.9 Å². The van der Waals surface area contributed by atoms with Gasteiger partial charge in [0.15, 0.2) is 0 Å². The lowest BCUT2D eigenvalue weighted by Crippen LogP contribution is -2.53. The summed E-state index contributed by atoms with van der Waals surface area (Å²) < 4.78 is 0. The third kappa shape index (κ3) is 4.28. The van der Waals surface area contributed by atoms with E-state index < -0.39 is 0 Å². The fourth-order valence-electron chi connectivity index (χ4n) is 3.59. The summed E-state index contributed by atoms with van der Waals surface area (Å²) in [7, 11) is 0. The summed E-state index contributed by atoms with van der Waals surface area (Å²) >= 11 is 0. The Balaban J connectivity index is 1.45. The van der Waals surface area contributed by atoms with Crippen molar-refractivity contribution in [2.24, 2.45) is 0 Å². The van der Waals surface area contributed by atoms with Crippen molar-refractivity contribution in [3.63, 3.8) is 0 Å². The number of benzene rings is 1. The van der Waals surface area contributed by atoms with Gasteiger partial charge >= 0.3 is 0 Å². The third-order valence-corrected chi connectivity index (χ3v) is 5.27. The summed E-state index contributed by atoms with van der Waals surface area (Å²) in [6, 6.07) is 8.63. The summed E-state index contributed by atoms with van der Waals surface area (Å²) in [4.78, 5) is 21.7. The normalized spacial score (nSPS) is 20.4. The predicted molar refractivity (Wildman–Crippen MR) is 98.5 cm³/mol. The van der Waals surface area contributed by atoms with Crippen LogP contribution in [-0.4, -0.2) is 86.1 Å². The zero-order valence-electron chi connectivity index (χ0n) is 15.1. The zero-order valence-corrected chi connectivity index (χ0v) is 15.1. The van der Waals surface area contributed by atoms with Gasteiger partial charge in [-0.05, 0) is 31.2 Å². The fourth-order valence-corrected chi connectivity index (χ4v) is 3.59. The van der Waals surface area contributed by atoms with Crippen LogP contribution in [0.15, 0.2) is 24.3 Å². The first-order valence-corrected chi connectivity index (χ1v) is 9.20. The van der Waals surface area contributed by atoms with Gasteiger partial charge in [-0.1, -0.05) is 19.1 Å². The lowest BCUT2D eigenvalue weighted by Gasteiger charge is -2.38. The van der Waals surface area contributed by atoms with E-state index in [1.165, 1.54) is 11.3 Å². The van der Waals surface area contributed by atoms with Crippen LogP contribution in [-0.2, 0) is 4.79 Å². The smallest absolute Gasteiger partial charge is 0.236 e. The Morgan fingerprint density at radius 1 is 0.958 bits per heavy atom. The van der Waals surface area contributed by atoms with E-state index in [-0.39, 0.29) is 0 Å². The number of piperazine rings is 2. The van der Waals surface area contributed by atoms with E-state index in [9.17, 15) is 4.79 Å². The predicted octanol–water partition coefficient (Wildman–Crippen LogP) is 1.28. The van der Waals surface area contributed by atoms with Gasteiger partial charge in [-0.15, -0.1) is 0 Å². The molecule has 5 nitrogen and oxygen atoms in total. The monoisotopic (exact) mass is 330 g/mol. The summed E-state index contributed by atoms with van der Waals surface area (Å²) in [5.74, 6) is 0.295. The molecule has 0 bridgehead atoms. The van der Waals surface area contributed by atoms with E-state index in [2.05, 4.69) is 52.8 Å². The van der Waals surface area contributed by atoms with Gasteiger partial charge in [0.05, 0.1) is 6.54 Å². The molecular formula is C19H30N4O. The minimum atomic E-state index is 0.295. The van der Waals surface area contributed by atoms with E-state index in [4.69, 9.17) is 0 Å². The average molecular weight is 330 g/mol. The van der Waals surface area contributed by atoms with Crippen molar-refractivity contribution in [1.29, 1.82) is 0 Å². The minimum absolute atomic E-state index is 0.295. The number of nitrogens with zero attached hydrogens (tertiary/aromatic N) is 4. The van der Waals surface area contributed by atoms with Gasteiger partial charge in [-0.2, -0.15) is 0 Å². The number of hydrogen-bond donors (Lipinski definition) is 0. The molecular weight excluding hydrogens is 300 g/mol. The Bertz CT molecular complexity index is 546. The number of amides is 1. The van der Waals surface area contributed by atoms with Crippen molar-refractivity contribution in [2.75, 3.05) is 70.3 Å². The molecule has 5 heteroatoms. The molecule has 2 saturated heterocycles. The lowest BCUT2D eigenvalue weighted by atomic mass is 10.2. The molecule has 0 atom stereocenters. The van der Waals surface area contributed by atoms with Gasteiger partial charge in [0, 0.05) is 58.0 Å². The Hall–Kier alpha value is -1.59. The Labute approximate surface area is 145 Å². The van der Waals surface area contributed by atoms with Crippen molar-refractivity contribution >= 4 is 11.6 Å².